The van der Waals surface area contributed by atoms with Crippen molar-refractivity contribution < 1.29 is 13.2 Å². The molecule has 0 spiro atoms. The van der Waals surface area contributed by atoms with Crippen LogP contribution in [0.5, 0.6) is 0 Å². The lowest BCUT2D eigenvalue weighted by molar-refractivity contribution is -0.137. The van der Waals surface area contributed by atoms with Crippen LogP contribution in [0.3, 0.4) is 0 Å². The number of hydrogen-bond acceptors (Lipinski definition) is 2. The first-order valence-corrected chi connectivity index (χ1v) is 6.19. The zero-order valence-electron chi connectivity index (χ0n) is 10.7. The molecule has 0 atom stereocenters. The van der Waals surface area contributed by atoms with Crippen LogP contribution >= 0.6 is 0 Å². The second kappa shape index (κ2) is 5.05. The SMILES string of the molecule is FC(F)(F)c1cccc(-n2cnnc2-c2ccccc2)c1. The van der Waals surface area contributed by atoms with E-state index in [0.29, 0.717) is 11.5 Å². The van der Waals surface area contributed by atoms with Gasteiger partial charge in [0.25, 0.3) is 0 Å². The van der Waals surface area contributed by atoms with Gasteiger partial charge in [-0.25, -0.2) is 0 Å². The fourth-order valence-electron chi connectivity index (χ4n) is 2.04. The highest BCUT2D eigenvalue weighted by atomic mass is 19.4. The number of alkyl halides is 3. The lowest BCUT2D eigenvalue weighted by Gasteiger charge is -2.10. The largest absolute Gasteiger partial charge is 0.416 e. The summed E-state index contributed by atoms with van der Waals surface area (Å²) in [7, 11) is 0. The van der Waals surface area contributed by atoms with E-state index in [9.17, 15) is 13.2 Å². The van der Waals surface area contributed by atoms with Gasteiger partial charge < -0.3 is 0 Å². The van der Waals surface area contributed by atoms with Gasteiger partial charge in [-0.3, -0.25) is 4.57 Å². The number of aromatic nitrogens is 3. The van der Waals surface area contributed by atoms with E-state index in [1.54, 1.807) is 6.07 Å². The van der Waals surface area contributed by atoms with Crippen LogP contribution in [0.1, 0.15) is 5.56 Å². The van der Waals surface area contributed by atoms with Gasteiger partial charge in [0, 0.05) is 11.3 Å². The average molecular weight is 289 g/mol. The Balaban J connectivity index is 2.09. The zero-order chi connectivity index (χ0) is 14.9. The predicted molar refractivity (Wildman–Crippen MR) is 71.8 cm³/mol. The van der Waals surface area contributed by atoms with Gasteiger partial charge in [0.15, 0.2) is 5.82 Å². The molecule has 1 heterocycles. The van der Waals surface area contributed by atoms with Gasteiger partial charge in [-0.15, -0.1) is 10.2 Å². The molecular formula is C15H10F3N3. The van der Waals surface area contributed by atoms with Crippen molar-refractivity contribution in [2.24, 2.45) is 0 Å². The maximum Gasteiger partial charge on any atom is 0.416 e. The molecule has 0 amide bonds. The molecule has 3 aromatic rings. The van der Waals surface area contributed by atoms with Crippen LogP contribution in [-0.2, 0) is 6.18 Å². The monoisotopic (exact) mass is 289 g/mol. The molecule has 0 aliphatic heterocycles. The van der Waals surface area contributed by atoms with E-state index in [0.717, 1.165) is 17.7 Å². The molecule has 106 valence electrons. The Morgan fingerprint density at radius 1 is 0.905 bits per heavy atom. The molecule has 1 aromatic heterocycles. The Morgan fingerprint density at radius 2 is 1.67 bits per heavy atom. The second-order valence-corrected chi connectivity index (χ2v) is 4.44. The van der Waals surface area contributed by atoms with Crippen LogP contribution in [0, 0.1) is 0 Å². The summed E-state index contributed by atoms with van der Waals surface area (Å²) in [5.41, 5.74) is 0.453. The van der Waals surface area contributed by atoms with Crippen molar-refractivity contribution in [2.45, 2.75) is 6.18 Å². The summed E-state index contributed by atoms with van der Waals surface area (Å²) in [4.78, 5) is 0. The Morgan fingerprint density at radius 3 is 2.38 bits per heavy atom. The maximum atomic E-state index is 12.8. The van der Waals surface area contributed by atoms with Crippen molar-refractivity contribution in [2.75, 3.05) is 0 Å². The van der Waals surface area contributed by atoms with Crippen molar-refractivity contribution >= 4 is 0 Å². The number of halogens is 3. The zero-order valence-corrected chi connectivity index (χ0v) is 10.7. The molecule has 0 aliphatic carbocycles. The minimum Gasteiger partial charge on any atom is -0.282 e. The summed E-state index contributed by atoms with van der Waals surface area (Å²) < 4.78 is 39.9. The Bertz CT molecular complexity index is 748. The third kappa shape index (κ3) is 2.65. The summed E-state index contributed by atoms with van der Waals surface area (Å²) >= 11 is 0. The normalized spacial score (nSPS) is 11.6. The van der Waals surface area contributed by atoms with E-state index in [4.69, 9.17) is 0 Å². The summed E-state index contributed by atoms with van der Waals surface area (Å²) in [5.74, 6) is 0.495. The van der Waals surface area contributed by atoms with Crippen LogP contribution in [0.15, 0.2) is 60.9 Å². The lowest BCUT2D eigenvalue weighted by atomic mass is 10.1. The van der Waals surface area contributed by atoms with Gasteiger partial charge in [-0.05, 0) is 18.2 Å². The summed E-state index contributed by atoms with van der Waals surface area (Å²) in [6.07, 6.45) is -2.98. The lowest BCUT2D eigenvalue weighted by Crippen LogP contribution is -2.06. The highest BCUT2D eigenvalue weighted by molar-refractivity contribution is 5.58. The first-order valence-electron chi connectivity index (χ1n) is 6.19. The van der Waals surface area contributed by atoms with Gasteiger partial charge >= 0.3 is 6.18 Å². The maximum absolute atomic E-state index is 12.8. The molecule has 0 fully saturated rings. The summed E-state index contributed by atoms with van der Waals surface area (Å²) in [6, 6.07) is 14.3. The second-order valence-electron chi connectivity index (χ2n) is 4.44. The fourth-order valence-corrected chi connectivity index (χ4v) is 2.04. The van der Waals surface area contributed by atoms with E-state index in [2.05, 4.69) is 10.2 Å². The summed E-state index contributed by atoms with van der Waals surface area (Å²) in [5, 5.41) is 7.78. The molecule has 0 saturated carbocycles. The van der Waals surface area contributed by atoms with Gasteiger partial charge in [-0.1, -0.05) is 36.4 Å². The van der Waals surface area contributed by atoms with Crippen LogP contribution in [0.25, 0.3) is 17.1 Å². The van der Waals surface area contributed by atoms with Crippen LogP contribution < -0.4 is 0 Å². The van der Waals surface area contributed by atoms with Gasteiger partial charge in [0.2, 0.25) is 0 Å². The minimum atomic E-state index is -4.38. The molecule has 3 nitrogen and oxygen atoms in total. The highest BCUT2D eigenvalue weighted by Crippen LogP contribution is 2.31. The third-order valence-corrected chi connectivity index (χ3v) is 3.03. The molecule has 6 heteroatoms. The molecule has 0 bridgehead atoms. The first-order chi connectivity index (χ1) is 10.1. The highest BCUT2D eigenvalue weighted by Gasteiger charge is 2.30. The summed E-state index contributed by atoms with van der Waals surface area (Å²) in [6.45, 7) is 0. The van der Waals surface area contributed by atoms with E-state index in [1.807, 2.05) is 30.3 Å². The van der Waals surface area contributed by atoms with Crippen molar-refractivity contribution in [1.29, 1.82) is 0 Å². The fraction of sp³-hybridized carbons (Fsp3) is 0.0667. The topological polar surface area (TPSA) is 30.7 Å². The van der Waals surface area contributed by atoms with E-state index >= 15 is 0 Å². The molecule has 0 unspecified atom stereocenters. The number of nitrogens with zero attached hydrogens (tertiary/aromatic N) is 3. The van der Waals surface area contributed by atoms with E-state index in [1.165, 1.54) is 17.0 Å². The number of benzene rings is 2. The Labute approximate surface area is 118 Å². The third-order valence-electron chi connectivity index (χ3n) is 3.03. The Hall–Kier alpha value is -2.63. The first kappa shape index (κ1) is 13.4. The average Bonchev–Trinajstić information content (AvgIpc) is 2.97. The molecule has 2 aromatic carbocycles. The van der Waals surface area contributed by atoms with Crippen molar-refractivity contribution in [1.82, 2.24) is 14.8 Å². The van der Waals surface area contributed by atoms with Crippen LogP contribution in [-0.4, -0.2) is 14.8 Å². The standard InChI is InChI=1S/C15H10F3N3/c16-15(17,18)12-7-4-8-13(9-12)21-10-19-20-14(21)11-5-2-1-3-6-11/h1-10H. The number of hydrogen-bond donors (Lipinski definition) is 0. The van der Waals surface area contributed by atoms with Crippen molar-refractivity contribution in [3.63, 3.8) is 0 Å². The van der Waals surface area contributed by atoms with Gasteiger partial charge in [0.05, 0.1) is 5.56 Å². The number of rotatable bonds is 2. The molecule has 0 saturated heterocycles. The Kier molecular flexibility index (Phi) is 3.21. The minimum absolute atomic E-state index is 0.369. The predicted octanol–water partition coefficient (Wildman–Crippen LogP) is 3.95. The molecule has 0 aliphatic rings. The van der Waals surface area contributed by atoms with E-state index < -0.39 is 11.7 Å². The molecule has 0 radical (unpaired) electrons. The molecular weight excluding hydrogens is 279 g/mol. The van der Waals surface area contributed by atoms with Crippen LogP contribution in [0.4, 0.5) is 13.2 Å². The van der Waals surface area contributed by atoms with Gasteiger partial charge in [0.1, 0.15) is 6.33 Å². The molecule has 21 heavy (non-hydrogen) atoms. The van der Waals surface area contributed by atoms with E-state index in [-0.39, 0.29) is 0 Å². The molecule has 3 rings (SSSR count). The van der Waals surface area contributed by atoms with Crippen molar-refractivity contribution in [3.05, 3.63) is 66.5 Å². The van der Waals surface area contributed by atoms with Crippen LogP contribution in [0.2, 0.25) is 0 Å². The quantitative estimate of drug-likeness (QED) is 0.715. The molecule has 0 N–H and O–H groups in total. The van der Waals surface area contributed by atoms with Gasteiger partial charge in [-0.2, -0.15) is 13.2 Å². The smallest absolute Gasteiger partial charge is 0.282 e. The van der Waals surface area contributed by atoms with Crippen molar-refractivity contribution in [3.8, 4) is 17.1 Å².